The summed E-state index contributed by atoms with van der Waals surface area (Å²) in [7, 11) is -2.97. The lowest BCUT2D eigenvalue weighted by Gasteiger charge is -2.11. The molecule has 0 spiro atoms. The first-order chi connectivity index (χ1) is 14.9. The van der Waals surface area contributed by atoms with Gasteiger partial charge in [-0.2, -0.15) is 10.2 Å². The number of para-hydroxylation sites is 1. The molecule has 0 saturated carbocycles. The standard InChI is InChI=1S/C21H20BrN5O2S2/c22-17-8-6-15(7-9-17)20-16(13-27(26-20)19-4-2-1-3-5-19)12-23-25-21(30)24-18-10-11-31(28,29)14-18/h1-9,12-13,18H,10-11,14H2,(H2,24,25,30)/b23-12-/t18-/m0/s1. The molecular weight excluding hydrogens is 498 g/mol. The van der Waals surface area contributed by atoms with Crippen molar-refractivity contribution in [1.82, 2.24) is 20.5 Å². The van der Waals surface area contributed by atoms with Crippen molar-refractivity contribution in [3.8, 4) is 16.9 Å². The molecule has 2 N–H and O–H groups in total. The Labute approximate surface area is 194 Å². The summed E-state index contributed by atoms with van der Waals surface area (Å²) >= 11 is 8.70. The van der Waals surface area contributed by atoms with Crippen molar-refractivity contribution in [3.05, 3.63) is 70.8 Å². The SMILES string of the molecule is O=S1(=O)CC[C@H](NC(=S)N/N=C\c2cn(-c3ccccc3)nc2-c2ccc(Br)cc2)C1. The van der Waals surface area contributed by atoms with Gasteiger partial charge in [0.25, 0.3) is 0 Å². The van der Waals surface area contributed by atoms with Crippen molar-refractivity contribution in [2.75, 3.05) is 11.5 Å². The highest BCUT2D eigenvalue weighted by molar-refractivity contribution is 9.10. The molecule has 0 amide bonds. The zero-order chi connectivity index (χ0) is 21.8. The Morgan fingerprint density at radius 1 is 1.19 bits per heavy atom. The van der Waals surface area contributed by atoms with E-state index in [1.54, 1.807) is 10.9 Å². The molecule has 31 heavy (non-hydrogen) atoms. The molecule has 1 aliphatic heterocycles. The molecule has 0 aliphatic carbocycles. The van der Waals surface area contributed by atoms with Gasteiger partial charge in [-0.1, -0.05) is 46.3 Å². The van der Waals surface area contributed by atoms with Gasteiger partial charge in [-0.15, -0.1) is 0 Å². The van der Waals surface area contributed by atoms with Crippen LogP contribution in [0.25, 0.3) is 16.9 Å². The second-order valence-electron chi connectivity index (χ2n) is 7.16. The number of sulfone groups is 1. The van der Waals surface area contributed by atoms with Crippen LogP contribution in [-0.2, 0) is 9.84 Å². The summed E-state index contributed by atoms with van der Waals surface area (Å²) in [6.45, 7) is 0. The van der Waals surface area contributed by atoms with E-state index in [9.17, 15) is 8.42 Å². The molecule has 2 heterocycles. The molecule has 1 aliphatic rings. The smallest absolute Gasteiger partial charge is 0.187 e. The van der Waals surface area contributed by atoms with Crippen molar-refractivity contribution in [1.29, 1.82) is 0 Å². The number of nitrogens with one attached hydrogen (secondary N) is 2. The van der Waals surface area contributed by atoms with Crippen LogP contribution in [-0.4, -0.2) is 47.1 Å². The van der Waals surface area contributed by atoms with Crippen LogP contribution in [0.1, 0.15) is 12.0 Å². The number of benzene rings is 2. The Morgan fingerprint density at radius 2 is 1.94 bits per heavy atom. The van der Waals surface area contributed by atoms with Crippen LogP contribution in [0.4, 0.5) is 0 Å². The molecule has 160 valence electrons. The second-order valence-corrected chi connectivity index (χ2v) is 10.7. The lowest BCUT2D eigenvalue weighted by atomic mass is 10.1. The van der Waals surface area contributed by atoms with Crippen molar-refractivity contribution in [2.24, 2.45) is 5.10 Å². The van der Waals surface area contributed by atoms with Crippen LogP contribution in [0.5, 0.6) is 0 Å². The lowest BCUT2D eigenvalue weighted by Crippen LogP contribution is -2.40. The summed E-state index contributed by atoms with van der Waals surface area (Å²) in [5.41, 5.74) is 6.26. The third kappa shape index (κ3) is 5.57. The third-order valence-corrected chi connectivity index (χ3v) is 7.32. The van der Waals surface area contributed by atoms with Crippen LogP contribution in [0.3, 0.4) is 0 Å². The maximum atomic E-state index is 11.6. The van der Waals surface area contributed by atoms with Crippen LogP contribution in [0.15, 0.2) is 70.4 Å². The van der Waals surface area contributed by atoms with E-state index in [0.717, 1.165) is 27.0 Å². The van der Waals surface area contributed by atoms with Crippen molar-refractivity contribution >= 4 is 49.3 Å². The van der Waals surface area contributed by atoms with Crippen LogP contribution < -0.4 is 10.7 Å². The van der Waals surface area contributed by atoms with Gasteiger partial charge in [0.2, 0.25) is 0 Å². The Bertz CT molecular complexity index is 1210. The fourth-order valence-corrected chi connectivity index (χ4v) is 5.47. The number of aromatic nitrogens is 2. The average molecular weight is 518 g/mol. The number of halogens is 1. The Morgan fingerprint density at radius 3 is 2.61 bits per heavy atom. The molecule has 0 bridgehead atoms. The quantitative estimate of drug-likeness (QED) is 0.306. The number of hydrogen-bond donors (Lipinski definition) is 2. The first-order valence-corrected chi connectivity index (χ1v) is 12.6. The average Bonchev–Trinajstić information content (AvgIpc) is 3.32. The van der Waals surface area contributed by atoms with Crippen LogP contribution in [0.2, 0.25) is 0 Å². The molecule has 1 saturated heterocycles. The molecular formula is C21H20BrN5O2S2. The molecule has 4 rings (SSSR count). The largest absolute Gasteiger partial charge is 0.358 e. The van der Waals surface area contributed by atoms with Gasteiger partial charge in [0.1, 0.15) is 5.69 Å². The fourth-order valence-electron chi connectivity index (χ4n) is 3.31. The van der Waals surface area contributed by atoms with Crippen LogP contribution in [0, 0.1) is 0 Å². The highest BCUT2D eigenvalue weighted by Crippen LogP contribution is 2.24. The maximum Gasteiger partial charge on any atom is 0.187 e. The Kier molecular flexibility index (Phi) is 6.49. The minimum atomic E-state index is -2.97. The third-order valence-electron chi connectivity index (χ3n) is 4.82. The zero-order valence-corrected chi connectivity index (χ0v) is 19.6. The molecule has 0 radical (unpaired) electrons. The highest BCUT2D eigenvalue weighted by atomic mass is 79.9. The van der Waals surface area contributed by atoms with E-state index in [-0.39, 0.29) is 17.5 Å². The molecule has 1 aromatic heterocycles. The number of hydrogen-bond acceptors (Lipinski definition) is 5. The van der Waals surface area contributed by atoms with Gasteiger partial charge in [-0.3, -0.25) is 5.43 Å². The first-order valence-electron chi connectivity index (χ1n) is 9.61. The Hall–Kier alpha value is -2.56. The molecule has 1 atom stereocenters. The lowest BCUT2D eigenvalue weighted by molar-refractivity contribution is 0.600. The van der Waals surface area contributed by atoms with Crippen molar-refractivity contribution in [2.45, 2.75) is 12.5 Å². The summed E-state index contributed by atoms with van der Waals surface area (Å²) in [4.78, 5) is 0. The van der Waals surface area contributed by atoms with Gasteiger partial charge in [0.05, 0.1) is 23.4 Å². The molecule has 1 fully saturated rings. The first kappa shape index (κ1) is 21.7. The van der Waals surface area contributed by atoms with Gasteiger partial charge in [-0.25, -0.2) is 13.1 Å². The summed E-state index contributed by atoms with van der Waals surface area (Å²) < 4.78 is 26.0. The van der Waals surface area contributed by atoms with Gasteiger partial charge in [0.15, 0.2) is 14.9 Å². The molecule has 7 nitrogen and oxygen atoms in total. The monoisotopic (exact) mass is 517 g/mol. The van der Waals surface area contributed by atoms with Crippen molar-refractivity contribution in [3.63, 3.8) is 0 Å². The molecule has 10 heteroatoms. The van der Waals surface area contributed by atoms with E-state index >= 15 is 0 Å². The van der Waals surface area contributed by atoms with E-state index in [1.807, 2.05) is 60.8 Å². The Balaban J connectivity index is 1.53. The zero-order valence-electron chi connectivity index (χ0n) is 16.4. The number of thiocarbonyl (C=S) groups is 1. The topological polar surface area (TPSA) is 88.4 Å². The van der Waals surface area contributed by atoms with E-state index in [0.29, 0.717) is 11.5 Å². The van der Waals surface area contributed by atoms with Gasteiger partial charge in [0, 0.05) is 27.8 Å². The number of rotatable bonds is 5. The van der Waals surface area contributed by atoms with E-state index in [2.05, 4.69) is 31.8 Å². The maximum absolute atomic E-state index is 11.6. The molecule has 2 aromatic carbocycles. The van der Waals surface area contributed by atoms with E-state index in [1.165, 1.54) is 0 Å². The van der Waals surface area contributed by atoms with Crippen molar-refractivity contribution < 1.29 is 8.42 Å². The molecule has 3 aromatic rings. The summed E-state index contributed by atoms with van der Waals surface area (Å²) in [5.74, 6) is 0.280. The summed E-state index contributed by atoms with van der Waals surface area (Å²) in [5, 5.41) is 12.3. The minimum Gasteiger partial charge on any atom is -0.358 e. The predicted octanol–water partition coefficient (Wildman–Crippen LogP) is 3.29. The van der Waals surface area contributed by atoms with Gasteiger partial charge >= 0.3 is 0 Å². The summed E-state index contributed by atoms with van der Waals surface area (Å²) in [6, 6.07) is 17.5. The van der Waals surface area contributed by atoms with E-state index in [4.69, 9.17) is 17.3 Å². The predicted molar refractivity (Wildman–Crippen MR) is 130 cm³/mol. The van der Waals surface area contributed by atoms with Crippen LogP contribution >= 0.6 is 28.1 Å². The summed E-state index contributed by atoms with van der Waals surface area (Å²) in [6.07, 6.45) is 4.10. The second kappa shape index (κ2) is 9.29. The minimum absolute atomic E-state index is 0.0933. The highest BCUT2D eigenvalue weighted by Gasteiger charge is 2.28. The number of hydrazone groups is 1. The fraction of sp³-hybridized carbons (Fsp3) is 0.190. The van der Waals surface area contributed by atoms with E-state index < -0.39 is 9.84 Å². The van der Waals surface area contributed by atoms with Gasteiger partial charge in [-0.05, 0) is 42.9 Å². The van der Waals surface area contributed by atoms with Gasteiger partial charge < -0.3 is 5.32 Å². The number of nitrogens with zero attached hydrogens (tertiary/aromatic N) is 3. The molecule has 0 unspecified atom stereocenters. The normalized spacial score (nSPS) is 17.6.